The first-order valence-electron chi connectivity index (χ1n) is 7.72. The molecule has 0 aliphatic carbocycles. The SMILES string of the molecule is COc1cc(CN(C)C(=O)c2csc(CCN)n2)c(SC)cc1OC.Cl. The minimum absolute atomic E-state index is 0. The molecule has 2 aromatic rings. The zero-order valence-electron chi connectivity index (χ0n) is 15.3. The number of benzene rings is 1. The van der Waals surface area contributed by atoms with Crippen molar-refractivity contribution in [2.45, 2.75) is 17.9 Å². The fourth-order valence-electron chi connectivity index (χ4n) is 2.39. The van der Waals surface area contributed by atoms with Gasteiger partial charge in [0.05, 0.1) is 19.2 Å². The fraction of sp³-hybridized carbons (Fsp3) is 0.412. The molecule has 0 radical (unpaired) electrons. The number of nitrogens with two attached hydrogens (primary N) is 1. The van der Waals surface area contributed by atoms with Gasteiger partial charge in [0.15, 0.2) is 11.5 Å². The first-order chi connectivity index (χ1) is 12.0. The van der Waals surface area contributed by atoms with Crippen LogP contribution in [0.4, 0.5) is 0 Å². The number of carbonyl (C=O) groups excluding carboxylic acids is 1. The van der Waals surface area contributed by atoms with Gasteiger partial charge in [-0.2, -0.15) is 0 Å². The second-order valence-corrected chi connectivity index (χ2v) is 7.14. The molecule has 0 bridgehead atoms. The molecule has 0 saturated heterocycles. The molecule has 0 spiro atoms. The molecule has 144 valence electrons. The average Bonchev–Trinajstić information content (AvgIpc) is 3.09. The summed E-state index contributed by atoms with van der Waals surface area (Å²) in [5.41, 5.74) is 7.00. The molecule has 0 atom stereocenters. The highest BCUT2D eigenvalue weighted by molar-refractivity contribution is 7.98. The Morgan fingerprint density at radius 2 is 1.96 bits per heavy atom. The Labute approximate surface area is 168 Å². The van der Waals surface area contributed by atoms with Crippen LogP contribution in [0.1, 0.15) is 21.1 Å². The van der Waals surface area contributed by atoms with Gasteiger partial charge in [-0.15, -0.1) is 35.5 Å². The molecule has 9 heteroatoms. The van der Waals surface area contributed by atoms with E-state index in [-0.39, 0.29) is 18.3 Å². The fourth-order valence-corrected chi connectivity index (χ4v) is 3.78. The second kappa shape index (κ2) is 10.6. The zero-order valence-corrected chi connectivity index (χ0v) is 17.7. The van der Waals surface area contributed by atoms with Crippen LogP contribution < -0.4 is 15.2 Å². The summed E-state index contributed by atoms with van der Waals surface area (Å²) in [5.74, 6) is 1.21. The van der Waals surface area contributed by atoms with Crippen molar-refractivity contribution < 1.29 is 14.3 Å². The minimum atomic E-state index is -0.110. The Hall–Kier alpha value is -1.48. The highest BCUT2D eigenvalue weighted by atomic mass is 35.5. The maximum Gasteiger partial charge on any atom is 0.273 e. The van der Waals surface area contributed by atoms with Crippen LogP contribution in [0.2, 0.25) is 0 Å². The Bertz CT molecular complexity index is 740. The summed E-state index contributed by atoms with van der Waals surface area (Å²) >= 11 is 3.07. The molecule has 1 amide bonds. The van der Waals surface area contributed by atoms with Crippen molar-refractivity contribution in [1.29, 1.82) is 0 Å². The molecule has 26 heavy (non-hydrogen) atoms. The number of methoxy groups -OCH3 is 2. The number of hydrogen-bond donors (Lipinski definition) is 1. The zero-order chi connectivity index (χ0) is 18.4. The van der Waals surface area contributed by atoms with Gasteiger partial charge < -0.3 is 20.1 Å². The summed E-state index contributed by atoms with van der Waals surface area (Å²) in [6, 6.07) is 3.84. The normalized spacial score (nSPS) is 10.2. The van der Waals surface area contributed by atoms with E-state index in [1.54, 1.807) is 43.3 Å². The van der Waals surface area contributed by atoms with Crippen molar-refractivity contribution in [3.8, 4) is 11.5 Å². The monoisotopic (exact) mass is 417 g/mol. The lowest BCUT2D eigenvalue weighted by atomic mass is 10.2. The summed E-state index contributed by atoms with van der Waals surface area (Å²) in [6.45, 7) is 0.985. The Morgan fingerprint density at radius 3 is 2.54 bits per heavy atom. The van der Waals surface area contributed by atoms with Gasteiger partial charge in [-0.05, 0) is 30.5 Å². The third-order valence-corrected chi connectivity index (χ3v) is 5.40. The number of aromatic nitrogens is 1. The van der Waals surface area contributed by atoms with Crippen molar-refractivity contribution in [2.24, 2.45) is 5.73 Å². The molecule has 0 saturated carbocycles. The number of thioether (sulfide) groups is 1. The summed E-state index contributed by atoms with van der Waals surface area (Å²) in [7, 11) is 4.98. The van der Waals surface area contributed by atoms with Crippen molar-refractivity contribution in [2.75, 3.05) is 34.1 Å². The highest BCUT2D eigenvalue weighted by Gasteiger charge is 2.18. The van der Waals surface area contributed by atoms with Crippen LogP contribution in [0.5, 0.6) is 11.5 Å². The van der Waals surface area contributed by atoms with E-state index in [2.05, 4.69) is 4.98 Å². The van der Waals surface area contributed by atoms with Gasteiger partial charge in [-0.25, -0.2) is 4.98 Å². The van der Waals surface area contributed by atoms with Crippen molar-refractivity contribution >= 4 is 41.4 Å². The summed E-state index contributed by atoms with van der Waals surface area (Å²) in [6.07, 6.45) is 2.68. The van der Waals surface area contributed by atoms with Crippen molar-refractivity contribution in [3.05, 3.63) is 33.8 Å². The lowest BCUT2D eigenvalue weighted by Gasteiger charge is -2.19. The van der Waals surface area contributed by atoms with Gasteiger partial charge in [0.1, 0.15) is 5.69 Å². The number of halogens is 1. The minimum Gasteiger partial charge on any atom is -0.493 e. The van der Waals surface area contributed by atoms with Gasteiger partial charge >= 0.3 is 0 Å². The highest BCUT2D eigenvalue weighted by Crippen LogP contribution is 2.35. The lowest BCUT2D eigenvalue weighted by molar-refractivity contribution is 0.0778. The molecule has 6 nitrogen and oxygen atoms in total. The first-order valence-corrected chi connectivity index (χ1v) is 9.83. The molecule has 0 aliphatic rings. The quantitative estimate of drug-likeness (QED) is 0.665. The van der Waals surface area contributed by atoms with E-state index in [1.807, 2.05) is 18.4 Å². The molecule has 2 N–H and O–H groups in total. The van der Waals surface area contributed by atoms with Crippen molar-refractivity contribution in [3.63, 3.8) is 0 Å². The second-order valence-electron chi connectivity index (χ2n) is 5.35. The molecule has 1 aromatic heterocycles. The van der Waals surface area contributed by atoms with E-state index in [4.69, 9.17) is 15.2 Å². The van der Waals surface area contributed by atoms with Crippen LogP contribution in [0.3, 0.4) is 0 Å². The average molecular weight is 418 g/mol. The maximum atomic E-state index is 12.6. The number of thiazole rings is 1. The maximum absolute atomic E-state index is 12.6. The van der Waals surface area contributed by atoms with Crippen LogP contribution >= 0.6 is 35.5 Å². The van der Waals surface area contributed by atoms with E-state index in [0.717, 1.165) is 15.5 Å². The van der Waals surface area contributed by atoms with Crippen LogP contribution in [-0.2, 0) is 13.0 Å². The topological polar surface area (TPSA) is 77.7 Å². The van der Waals surface area contributed by atoms with E-state index in [0.29, 0.717) is 36.7 Å². The summed E-state index contributed by atoms with van der Waals surface area (Å²) < 4.78 is 10.7. The third-order valence-electron chi connectivity index (χ3n) is 3.67. The van der Waals surface area contributed by atoms with E-state index >= 15 is 0 Å². The molecular weight excluding hydrogens is 394 g/mol. The van der Waals surface area contributed by atoms with E-state index in [1.165, 1.54) is 11.3 Å². The summed E-state index contributed by atoms with van der Waals surface area (Å²) in [4.78, 5) is 19.7. The molecule has 0 unspecified atom stereocenters. The molecule has 1 aromatic carbocycles. The molecule has 0 fully saturated rings. The van der Waals surface area contributed by atoms with E-state index in [9.17, 15) is 4.79 Å². The number of amides is 1. The first kappa shape index (κ1) is 22.6. The van der Waals surface area contributed by atoms with Gasteiger partial charge in [-0.1, -0.05) is 0 Å². The number of ether oxygens (including phenoxy) is 2. The van der Waals surface area contributed by atoms with Gasteiger partial charge in [0.25, 0.3) is 5.91 Å². The Morgan fingerprint density at radius 1 is 1.31 bits per heavy atom. The van der Waals surface area contributed by atoms with Crippen LogP contribution in [0.15, 0.2) is 22.4 Å². The smallest absolute Gasteiger partial charge is 0.273 e. The van der Waals surface area contributed by atoms with Crippen LogP contribution in [0.25, 0.3) is 0 Å². The Kier molecular flexibility index (Phi) is 9.21. The number of carbonyl (C=O) groups is 1. The van der Waals surface area contributed by atoms with E-state index < -0.39 is 0 Å². The molecule has 0 aliphatic heterocycles. The van der Waals surface area contributed by atoms with Gasteiger partial charge in [0.2, 0.25) is 0 Å². The Balaban J connectivity index is 0.00000338. The van der Waals surface area contributed by atoms with Gasteiger partial charge in [0, 0.05) is 30.3 Å². The summed E-state index contributed by atoms with van der Waals surface area (Å²) in [5, 5.41) is 2.67. The van der Waals surface area contributed by atoms with Gasteiger partial charge in [-0.3, -0.25) is 4.79 Å². The standard InChI is InChI=1S/C17H23N3O3S2.ClH/c1-20(17(21)12-10-25-16(19-12)5-6-18)9-11-7-13(22-2)14(23-3)8-15(11)24-4;/h7-8,10H,5-6,9,18H2,1-4H3;1H. The molecule has 1 heterocycles. The largest absolute Gasteiger partial charge is 0.493 e. The predicted octanol–water partition coefficient (Wildman–Crippen LogP) is 3.08. The van der Waals surface area contributed by atoms with Crippen molar-refractivity contribution in [1.82, 2.24) is 9.88 Å². The number of rotatable bonds is 8. The molecular formula is C17H24ClN3O3S2. The molecule has 2 rings (SSSR count). The number of hydrogen-bond acceptors (Lipinski definition) is 7. The number of nitrogens with zero attached hydrogens (tertiary/aromatic N) is 2. The lowest BCUT2D eigenvalue weighted by Crippen LogP contribution is -2.26. The third kappa shape index (κ3) is 5.26. The van der Waals surface area contributed by atoms with Crippen LogP contribution in [0, 0.1) is 0 Å². The van der Waals surface area contributed by atoms with Crippen LogP contribution in [-0.4, -0.2) is 49.9 Å². The predicted molar refractivity (Wildman–Crippen MR) is 109 cm³/mol.